The van der Waals surface area contributed by atoms with Gasteiger partial charge in [-0.25, -0.2) is 9.40 Å². The van der Waals surface area contributed by atoms with Gasteiger partial charge in [-0.15, -0.1) is 0 Å². The van der Waals surface area contributed by atoms with Gasteiger partial charge in [0.05, 0.1) is 10.7 Å². The maximum atomic E-state index is 13.0. The third kappa shape index (κ3) is 4.95. The van der Waals surface area contributed by atoms with Gasteiger partial charge in [0.1, 0.15) is 11.6 Å². The lowest BCUT2D eigenvalue weighted by molar-refractivity contribution is -0.123. The number of hydrogen-bond donors (Lipinski definition) is 2. The SMILES string of the molecule is NC(=S)N(NC(=O)COc1ccc(Cl)cc1Cl)c1ccc(F)cc1. The number of carbonyl (C=O) groups is 1. The summed E-state index contributed by atoms with van der Waals surface area (Å²) in [6, 6.07) is 9.91. The molecular formula is C15H12Cl2FN3O2S. The van der Waals surface area contributed by atoms with Crippen LogP contribution in [0.4, 0.5) is 10.1 Å². The lowest BCUT2D eigenvalue weighted by atomic mass is 10.3. The Morgan fingerprint density at radius 3 is 2.50 bits per heavy atom. The lowest BCUT2D eigenvalue weighted by Gasteiger charge is -2.23. The summed E-state index contributed by atoms with van der Waals surface area (Å²) in [5.41, 5.74) is 8.44. The van der Waals surface area contributed by atoms with E-state index >= 15 is 0 Å². The Bertz CT molecular complexity index is 759. The second-order valence-electron chi connectivity index (χ2n) is 4.55. The van der Waals surface area contributed by atoms with Gasteiger partial charge in [-0.1, -0.05) is 23.2 Å². The van der Waals surface area contributed by atoms with Crippen LogP contribution < -0.4 is 20.9 Å². The van der Waals surface area contributed by atoms with E-state index in [0.29, 0.717) is 16.5 Å². The van der Waals surface area contributed by atoms with Gasteiger partial charge in [0.2, 0.25) is 0 Å². The van der Waals surface area contributed by atoms with Crippen LogP contribution in [-0.2, 0) is 4.79 Å². The van der Waals surface area contributed by atoms with Crippen LogP contribution in [0.3, 0.4) is 0 Å². The molecule has 0 bridgehead atoms. The van der Waals surface area contributed by atoms with Crippen molar-refractivity contribution in [3.05, 3.63) is 58.3 Å². The Morgan fingerprint density at radius 1 is 1.25 bits per heavy atom. The molecular weight excluding hydrogens is 376 g/mol. The normalized spacial score (nSPS) is 10.1. The Morgan fingerprint density at radius 2 is 1.92 bits per heavy atom. The third-order valence-corrected chi connectivity index (χ3v) is 3.51. The minimum Gasteiger partial charge on any atom is -0.482 e. The average molecular weight is 388 g/mol. The monoisotopic (exact) mass is 387 g/mol. The molecule has 2 aromatic rings. The van der Waals surface area contributed by atoms with Gasteiger partial charge in [0.15, 0.2) is 11.7 Å². The minimum absolute atomic E-state index is 0.112. The number of nitrogens with one attached hydrogen (secondary N) is 1. The highest BCUT2D eigenvalue weighted by molar-refractivity contribution is 7.80. The van der Waals surface area contributed by atoms with Gasteiger partial charge in [-0.05, 0) is 54.7 Å². The van der Waals surface area contributed by atoms with Crippen molar-refractivity contribution in [2.24, 2.45) is 5.73 Å². The number of hydrazine groups is 1. The fourth-order valence-electron chi connectivity index (χ4n) is 1.73. The maximum Gasteiger partial charge on any atom is 0.276 e. The molecule has 2 rings (SSSR count). The first-order chi connectivity index (χ1) is 11.4. The van der Waals surface area contributed by atoms with Gasteiger partial charge < -0.3 is 10.5 Å². The summed E-state index contributed by atoms with van der Waals surface area (Å²) < 4.78 is 18.3. The van der Waals surface area contributed by atoms with E-state index in [2.05, 4.69) is 5.43 Å². The van der Waals surface area contributed by atoms with Crippen molar-refractivity contribution >= 4 is 52.1 Å². The number of hydrogen-bond acceptors (Lipinski definition) is 3. The van der Waals surface area contributed by atoms with Gasteiger partial charge in [0, 0.05) is 5.02 Å². The molecule has 126 valence electrons. The molecule has 0 unspecified atom stereocenters. The van der Waals surface area contributed by atoms with Crippen molar-refractivity contribution in [2.45, 2.75) is 0 Å². The molecule has 0 spiro atoms. The summed E-state index contributed by atoms with van der Waals surface area (Å²) in [6.07, 6.45) is 0. The van der Waals surface area contributed by atoms with Gasteiger partial charge in [0.25, 0.3) is 5.91 Å². The predicted octanol–water partition coefficient (Wildman–Crippen LogP) is 3.29. The number of halogens is 3. The van der Waals surface area contributed by atoms with E-state index in [1.165, 1.54) is 30.3 Å². The van der Waals surface area contributed by atoms with Crippen LogP contribution >= 0.6 is 35.4 Å². The van der Waals surface area contributed by atoms with E-state index in [0.717, 1.165) is 5.01 Å². The van der Waals surface area contributed by atoms with Gasteiger partial charge in [-0.3, -0.25) is 10.2 Å². The number of anilines is 1. The van der Waals surface area contributed by atoms with Crippen LogP contribution in [0.25, 0.3) is 0 Å². The molecule has 3 N–H and O–H groups in total. The number of thiocarbonyl (C=S) groups is 1. The molecule has 2 aromatic carbocycles. The van der Waals surface area contributed by atoms with E-state index in [-0.39, 0.29) is 16.7 Å². The highest BCUT2D eigenvalue weighted by atomic mass is 35.5. The second-order valence-corrected chi connectivity index (χ2v) is 5.81. The van der Waals surface area contributed by atoms with E-state index in [1.807, 2.05) is 0 Å². The molecule has 24 heavy (non-hydrogen) atoms. The smallest absolute Gasteiger partial charge is 0.276 e. The number of benzene rings is 2. The first kappa shape index (κ1) is 18.3. The average Bonchev–Trinajstić information content (AvgIpc) is 2.52. The van der Waals surface area contributed by atoms with E-state index in [4.69, 9.17) is 45.9 Å². The van der Waals surface area contributed by atoms with Crippen molar-refractivity contribution in [1.29, 1.82) is 0 Å². The van der Waals surface area contributed by atoms with E-state index in [9.17, 15) is 9.18 Å². The van der Waals surface area contributed by atoms with Crippen LogP contribution in [0.1, 0.15) is 0 Å². The number of rotatable bonds is 4. The van der Waals surface area contributed by atoms with E-state index in [1.54, 1.807) is 12.1 Å². The summed E-state index contributed by atoms with van der Waals surface area (Å²) in [5, 5.41) is 1.76. The molecule has 0 fully saturated rings. The number of carbonyl (C=O) groups excluding carboxylic acids is 1. The molecule has 1 amide bonds. The van der Waals surface area contributed by atoms with Crippen molar-refractivity contribution in [2.75, 3.05) is 11.6 Å². The lowest BCUT2D eigenvalue weighted by Crippen LogP contribution is -2.50. The topological polar surface area (TPSA) is 67.6 Å². The Balaban J connectivity index is 2.00. The highest BCUT2D eigenvalue weighted by Gasteiger charge is 2.14. The summed E-state index contributed by atoms with van der Waals surface area (Å²) >= 11 is 16.6. The van der Waals surface area contributed by atoms with Crippen LogP contribution in [-0.4, -0.2) is 17.6 Å². The zero-order valence-electron chi connectivity index (χ0n) is 12.1. The summed E-state index contributed by atoms with van der Waals surface area (Å²) in [5.74, 6) is -0.647. The van der Waals surface area contributed by atoms with Crippen molar-refractivity contribution in [3.8, 4) is 5.75 Å². The van der Waals surface area contributed by atoms with Gasteiger partial charge in [-0.2, -0.15) is 0 Å². The van der Waals surface area contributed by atoms with Crippen molar-refractivity contribution in [1.82, 2.24) is 5.43 Å². The molecule has 0 saturated heterocycles. The first-order valence-corrected chi connectivity index (χ1v) is 7.75. The molecule has 0 aliphatic heterocycles. The largest absolute Gasteiger partial charge is 0.482 e. The third-order valence-electron chi connectivity index (χ3n) is 2.79. The Kier molecular flexibility index (Phi) is 6.19. The minimum atomic E-state index is -0.529. The highest BCUT2D eigenvalue weighted by Crippen LogP contribution is 2.27. The molecule has 9 heteroatoms. The maximum absolute atomic E-state index is 13.0. The van der Waals surface area contributed by atoms with E-state index < -0.39 is 11.7 Å². The van der Waals surface area contributed by atoms with Gasteiger partial charge >= 0.3 is 0 Å². The predicted molar refractivity (Wildman–Crippen MR) is 95.8 cm³/mol. The molecule has 0 saturated carbocycles. The van der Waals surface area contributed by atoms with Crippen molar-refractivity contribution < 1.29 is 13.9 Å². The summed E-state index contributed by atoms with van der Waals surface area (Å²) in [4.78, 5) is 12.0. The van der Waals surface area contributed by atoms with Crippen molar-refractivity contribution in [3.63, 3.8) is 0 Å². The molecule has 0 radical (unpaired) electrons. The molecule has 0 aromatic heterocycles. The zero-order chi connectivity index (χ0) is 17.7. The first-order valence-electron chi connectivity index (χ1n) is 6.59. The molecule has 0 aliphatic carbocycles. The van der Waals surface area contributed by atoms with Crippen LogP contribution in [0, 0.1) is 5.82 Å². The standard InChI is InChI=1S/C15H12Cl2FN3O2S/c16-9-1-6-13(12(17)7-9)23-8-14(22)20-21(15(19)24)11-4-2-10(18)3-5-11/h1-7H,8H2,(H2,19,24)(H,20,22). The number of nitrogens with two attached hydrogens (primary N) is 1. The zero-order valence-corrected chi connectivity index (χ0v) is 14.5. The number of ether oxygens (including phenoxy) is 1. The summed E-state index contributed by atoms with van der Waals surface area (Å²) in [7, 11) is 0. The Labute approximate surface area is 153 Å². The number of nitrogens with zero attached hydrogens (tertiary/aromatic N) is 1. The fraction of sp³-hybridized carbons (Fsp3) is 0.0667. The van der Waals surface area contributed by atoms with Crippen LogP contribution in [0.15, 0.2) is 42.5 Å². The van der Waals surface area contributed by atoms with Crippen LogP contribution in [0.2, 0.25) is 10.0 Å². The molecule has 0 atom stereocenters. The summed E-state index contributed by atoms with van der Waals surface area (Å²) in [6.45, 7) is -0.332. The fourth-order valence-corrected chi connectivity index (χ4v) is 2.34. The Hall–Kier alpha value is -2.09. The number of amides is 1. The molecule has 0 aliphatic rings. The molecule has 5 nitrogen and oxygen atoms in total. The molecule has 0 heterocycles. The quantitative estimate of drug-likeness (QED) is 0.622. The van der Waals surface area contributed by atoms with Crippen LogP contribution in [0.5, 0.6) is 5.75 Å². The second kappa shape index (κ2) is 8.14.